The average Bonchev–Trinajstić information content (AvgIpc) is 1.65. The molecule has 0 amide bonds. The Morgan fingerprint density at radius 2 is 2.00 bits per heavy atom. The van der Waals surface area contributed by atoms with Crippen LogP contribution in [0.2, 0.25) is 6.04 Å². The third kappa shape index (κ3) is 2.95. The molecule has 0 bridgehead atoms. The quantitative estimate of drug-likeness (QED) is 0.483. The van der Waals surface area contributed by atoms with Crippen molar-refractivity contribution in [1.29, 1.82) is 0 Å². The number of nitrogens with two attached hydrogens (primary N) is 1. The third-order valence-electron chi connectivity index (χ3n) is 1.35. The average molecular weight is 149 g/mol. The van der Waals surface area contributed by atoms with Crippen LogP contribution in [0.5, 0.6) is 0 Å². The molecule has 0 aromatic heterocycles. The lowest BCUT2D eigenvalue weighted by Crippen LogP contribution is -2.51. The standard InChI is InChI=1S/C5H15NO2Si/c1-3-4-9(7,8)5(2)6/h5,7-8H,3-4,6H2,1-2H3. The van der Waals surface area contributed by atoms with Gasteiger partial charge in [0.2, 0.25) is 0 Å². The van der Waals surface area contributed by atoms with E-state index >= 15 is 0 Å². The molecule has 0 rings (SSSR count). The summed E-state index contributed by atoms with van der Waals surface area (Å²) in [5.41, 5.74) is 4.89. The lowest BCUT2D eigenvalue weighted by molar-refractivity contribution is 0.342. The zero-order chi connectivity index (χ0) is 7.49. The molecule has 0 aromatic rings. The normalized spacial score (nSPS) is 15.7. The Morgan fingerprint density at radius 3 is 2.11 bits per heavy atom. The van der Waals surface area contributed by atoms with E-state index < -0.39 is 14.2 Å². The van der Waals surface area contributed by atoms with Crippen molar-refractivity contribution in [2.75, 3.05) is 0 Å². The van der Waals surface area contributed by atoms with E-state index in [9.17, 15) is 0 Å². The Balaban J connectivity index is 3.70. The molecule has 3 nitrogen and oxygen atoms in total. The van der Waals surface area contributed by atoms with Gasteiger partial charge in [-0.05, 0) is 13.0 Å². The predicted molar refractivity (Wildman–Crippen MR) is 38.9 cm³/mol. The van der Waals surface area contributed by atoms with Gasteiger partial charge in [0, 0.05) is 5.67 Å². The highest BCUT2D eigenvalue weighted by molar-refractivity contribution is 6.66. The van der Waals surface area contributed by atoms with Crippen LogP contribution in [-0.4, -0.2) is 23.8 Å². The largest absolute Gasteiger partial charge is 0.410 e. The second kappa shape index (κ2) is 3.31. The SMILES string of the molecule is CCC[Si](O)(O)C(C)N. The molecule has 1 unspecified atom stereocenters. The Bertz CT molecular complexity index is 85.0. The molecule has 0 radical (unpaired) electrons. The minimum absolute atomic E-state index is 0.433. The fourth-order valence-corrected chi connectivity index (χ4v) is 1.79. The van der Waals surface area contributed by atoms with Gasteiger partial charge in [-0.3, -0.25) is 0 Å². The maximum absolute atomic E-state index is 9.16. The van der Waals surface area contributed by atoms with E-state index in [1.165, 1.54) is 0 Å². The first-order valence-electron chi connectivity index (χ1n) is 3.21. The van der Waals surface area contributed by atoms with Crippen molar-refractivity contribution in [3.05, 3.63) is 0 Å². The van der Waals surface area contributed by atoms with Crippen LogP contribution in [0.3, 0.4) is 0 Å². The maximum atomic E-state index is 9.16. The Morgan fingerprint density at radius 1 is 1.56 bits per heavy atom. The van der Waals surface area contributed by atoms with Gasteiger partial charge in [0.05, 0.1) is 0 Å². The maximum Gasteiger partial charge on any atom is 0.349 e. The summed E-state index contributed by atoms with van der Waals surface area (Å²) >= 11 is 0. The van der Waals surface area contributed by atoms with Crippen molar-refractivity contribution in [3.8, 4) is 0 Å². The molecule has 0 aliphatic rings. The van der Waals surface area contributed by atoms with Crippen molar-refractivity contribution in [2.24, 2.45) is 5.73 Å². The zero-order valence-corrected chi connectivity index (χ0v) is 6.96. The molecule has 4 N–H and O–H groups in total. The Labute approximate surface area is 56.8 Å². The smallest absolute Gasteiger partial charge is 0.349 e. The van der Waals surface area contributed by atoms with E-state index in [1.807, 2.05) is 6.92 Å². The number of hydrogen-bond donors (Lipinski definition) is 3. The molecule has 0 aliphatic heterocycles. The first kappa shape index (κ1) is 9.10. The summed E-state index contributed by atoms with van der Waals surface area (Å²) < 4.78 is 0. The minimum atomic E-state index is -3.00. The van der Waals surface area contributed by atoms with Gasteiger partial charge in [-0.2, -0.15) is 0 Å². The van der Waals surface area contributed by atoms with Gasteiger partial charge in [-0.25, -0.2) is 0 Å². The molecule has 0 saturated carbocycles. The molecule has 0 fully saturated rings. The molecular weight excluding hydrogens is 134 g/mol. The summed E-state index contributed by atoms with van der Waals surface area (Å²) in [7, 11) is -3.00. The van der Waals surface area contributed by atoms with Crippen LogP contribution in [0.1, 0.15) is 20.3 Å². The summed E-state index contributed by atoms with van der Waals surface area (Å²) in [6, 6.07) is 0.477. The highest BCUT2D eigenvalue weighted by Crippen LogP contribution is 2.06. The van der Waals surface area contributed by atoms with Gasteiger partial charge in [-0.15, -0.1) is 0 Å². The first-order valence-corrected chi connectivity index (χ1v) is 5.39. The van der Waals surface area contributed by atoms with Gasteiger partial charge in [-0.1, -0.05) is 13.3 Å². The van der Waals surface area contributed by atoms with Crippen molar-refractivity contribution in [2.45, 2.75) is 32.0 Å². The molecule has 0 spiro atoms. The summed E-state index contributed by atoms with van der Waals surface area (Å²) in [4.78, 5) is 18.3. The summed E-state index contributed by atoms with van der Waals surface area (Å²) in [6.45, 7) is 3.55. The van der Waals surface area contributed by atoms with Gasteiger partial charge in [0.15, 0.2) is 0 Å². The van der Waals surface area contributed by atoms with E-state index in [0.29, 0.717) is 6.04 Å². The number of rotatable bonds is 3. The minimum Gasteiger partial charge on any atom is -0.410 e. The Hall–Kier alpha value is 0.0969. The van der Waals surface area contributed by atoms with Crippen molar-refractivity contribution in [1.82, 2.24) is 0 Å². The zero-order valence-electron chi connectivity index (χ0n) is 5.96. The highest BCUT2D eigenvalue weighted by Gasteiger charge is 2.32. The van der Waals surface area contributed by atoms with E-state index in [1.54, 1.807) is 6.92 Å². The summed E-state index contributed by atoms with van der Waals surface area (Å²) in [6.07, 6.45) is 0.792. The van der Waals surface area contributed by atoms with Gasteiger partial charge in [0.25, 0.3) is 0 Å². The second-order valence-electron chi connectivity index (χ2n) is 2.42. The topological polar surface area (TPSA) is 66.5 Å². The first-order chi connectivity index (χ1) is 4.00. The van der Waals surface area contributed by atoms with Crippen LogP contribution in [0, 0.1) is 0 Å². The molecular formula is C5H15NO2Si. The fraction of sp³-hybridized carbons (Fsp3) is 1.00. The molecule has 0 heterocycles. The molecule has 0 aromatic carbocycles. The molecule has 0 saturated heterocycles. The lowest BCUT2D eigenvalue weighted by Gasteiger charge is -2.20. The van der Waals surface area contributed by atoms with Crippen molar-refractivity contribution in [3.63, 3.8) is 0 Å². The highest BCUT2D eigenvalue weighted by atomic mass is 28.4. The fourth-order valence-electron chi connectivity index (χ4n) is 0.596. The third-order valence-corrected chi connectivity index (χ3v) is 4.04. The molecule has 1 atom stereocenters. The van der Waals surface area contributed by atoms with Crippen LogP contribution >= 0.6 is 0 Å². The van der Waals surface area contributed by atoms with Crippen LogP contribution in [0.15, 0.2) is 0 Å². The predicted octanol–water partition coefficient (Wildman–Crippen LogP) is -0.290. The second-order valence-corrected chi connectivity index (χ2v) is 5.59. The molecule has 4 heteroatoms. The van der Waals surface area contributed by atoms with E-state index in [4.69, 9.17) is 15.3 Å². The molecule has 9 heavy (non-hydrogen) atoms. The molecule has 56 valence electrons. The van der Waals surface area contributed by atoms with Gasteiger partial charge < -0.3 is 15.3 Å². The van der Waals surface area contributed by atoms with Crippen LogP contribution in [-0.2, 0) is 0 Å². The van der Waals surface area contributed by atoms with Gasteiger partial charge >= 0.3 is 8.56 Å². The number of hydrogen-bond acceptors (Lipinski definition) is 3. The van der Waals surface area contributed by atoms with E-state index in [-0.39, 0.29) is 0 Å². The molecule has 0 aliphatic carbocycles. The lowest BCUT2D eigenvalue weighted by atomic mass is 10.6. The van der Waals surface area contributed by atoms with Crippen molar-refractivity contribution >= 4 is 8.56 Å². The van der Waals surface area contributed by atoms with Crippen LogP contribution in [0.4, 0.5) is 0 Å². The van der Waals surface area contributed by atoms with E-state index in [2.05, 4.69) is 0 Å². The van der Waals surface area contributed by atoms with Crippen molar-refractivity contribution < 1.29 is 9.59 Å². The Kier molecular flexibility index (Phi) is 3.35. The summed E-state index contributed by atoms with van der Waals surface area (Å²) in [5, 5.41) is 0. The monoisotopic (exact) mass is 149 g/mol. The van der Waals surface area contributed by atoms with Gasteiger partial charge in [0.1, 0.15) is 0 Å². The van der Waals surface area contributed by atoms with Crippen LogP contribution in [0.25, 0.3) is 0 Å². The van der Waals surface area contributed by atoms with E-state index in [0.717, 1.165) is 6.42 Å². The summed E-state index contributed by atoms with van der Waals surface area (Å²) in [5.74, 6) is 0. The van der Waals surface area contributed by atoms with Crippen LogP contribution < -0.4 is 5.73 Å².